The number of aliphatic hydroxyl groups is 1. The van der Waals surface area contributed by atoms with Crippen molar-refractivity contribution in [3.63, 3.8) is 0 Å². The third kappa shape index (κ3) is 4.05. The van der Waals surface area contributed by atoms with Crippen molar-refractivity contribution in [3.8, 4) is 0 Å². The maximum absolute atomic E-state index is 8.89. The molecule has 0 bridgehead atoms. The average Bonchev–Trinajstić information content (AvgIpc) is 2.23. The molecule has 15 heavy (non-hydrogen) atoms. The minimum absolute atomic E-state index is 0.247. The molecule has 0 atom stereocenters. The van der Waals surface area contributed by atoms with Crippen LogP contribution in [0.5, 0.6) is 0 Å². The number of aryl methyl sites for hydroxylation is 2. The first kappa shape index (κ1) is 12.3. The largest absolute Gasteiger partial charge is 0.396 e. The van der Waals surface area contributed by atoms with Crippen molar-refractivity contribution >= 4 is 0 Å². The van der Waals surface area contributed by atoms with Crippen LogP contribution in [0.15, 0.2) is 18.2 Å². The first-order valence-corrected chi connectivity index (χ1v) is 5.97. The smallest absolute Gasteiger partial charge is 0.0471 e. The van der Waals surface area contributed by atoms with Crippen molar-refractivity contribution in [2.24, 2.45) is 0 Å². The molecule has 0 unspecified atom stereocenters. The molecule has 84 valence electrons. The van der Waals surface area contributed by atoms with Gasteiger partial charge in [-0.05, 0) is 42.9 Å². The van der Waals surface area contributed by atoms with E-state index in [-0.39, 0.29) is 6.61 Å². The summed E-state index contributed by atoms with van der Waals surface area (Å²) in [5.74, 6) is 0. The summed E-state index contributed by atoms with van der Waals surface area (Å²) in [6.45, 7) is 4.65. The minimum Gasteiger partial charge on any atom is -0.396 e. The van der Waals surface area contributed by atoms with Gasteiger partial charge in [-0.15, -0.1) is 0 Å². The Morgan fingerprint density at radius 2 is 1.93 bits per heavy atom. The van der Waals surface area contributed by atoms with Crippen molar-refractivity contribution < 1.29 is 5.11 Å². The van der Waals surface area contributed by atoms with Gasteiger partial charge in [0.05, 0.1) is 0 Å². The molecule has 0 saturated heterocycles. The van der Waals surface area contributed by atoms with Crippen LogP contribution in [0.4, 0.5) is 0 Å². The molecule has 0 spiro atoms. The molecule has 0 amide bonds. The van der Waals surface area contributed by atoms with Crippen LogP contribution < -0.4 is 0 Å². The van der Waals surface area contributed by atoms with E-state index in [1.807, 2.05) is 0 Å². The molecular formula is C14H22O. The normalized spacial score (nSPS) is 10.6. The van der Waals surface area contributed by atoms with E-state index >= 15 is 0 Å². The van der Waals surface area contributed by atoms with Gasteiger partial charge < -0.3 is 5.11 Å². The summed E-state index contributed by atoms with van der Waals surface area (Å²) >= 11 is 0. The fraction of sp³-hybridized carbons (Fsp3) is 0.571. The van der Waals surface area contributed by atoms with Crippen molar-refractivity contribution in [1.82, 2.24) is 0 Å². The van der Waals surface area contributed by atoms with Gasteiger partial charge in [0.1, 0.15) is 0 Å². The Morgan fingerprint density at radius 1 is 1.13 bits per heavy atom. The van der Waals surface area contributed by atoms with Gasteiger partial charge in [0, 0.05) is 6.61 Å². The Bertz CT molecular complexity index is 291. The highest BCUT2D eigenvalue weighted by Gasteiger charge is 2.00. The first-order valence-electron chi connectivity index (χ1n) is 5.97. The summed E-state index contributed by atoms with van der Waals surface area (Å²) in [6.07, 6.45) is 5.82. The molecule has 1 aromatic carbocycles. The van der Waals surface area contributed by atoms with E-state index in [0.717, 1.165) is 6.42 Å². The summed E-state index contributed by atoms with van der Waals surface area (Å²) < 4.78 is 0. The molecule has 0 fully saturated rings. The number of aliphatic hydroxyl groups excluding tert-OH is 1. The second kappa shape index (κ2) is 6.62. The first-order chi connectivity index (χ1) is 7.27. The molecule has 1 N–H and O–H groups in total. The van der Waals surface area contributed by atoms with E-state index in [4.69, 9.17) is 5.11 Å². The zero-order valence-corrected chi connectivity index (χ0v) is 9.92. The highest BCUT2D eigenvalue weighted by atomic mass is 16.2. The second-order valence-corrected chi connectivity index (χ2v) is 4.19. The Labute approximate surface area is 93.1 Å². The summed E-state index contributed by atoms with van der Waals surface area (Å²) in [6, 6.07) is 6.54. The van der Waals surface area contributed by atoms with Crippen LogP contribution in [0.2, 0.25) is 0 Å². The molecule has 1 rings (SSSR count). The Balaban J connectivity index is 2.63. The number of hydrogen-bond acceptors (Lipinski definition) is 1. The van der Waals surface area contributed by atoms with Crippen molar-refractivity contribution in [3.05, 3.63) is 34.9 Å². The van der Waals surface area contributed by atoms with Gasteiger partial charge in [0.15, 0.2) is 0 Å². The van der Waals surface area contributed by atoms with Crippen LogP contribution in [0.25, 0.3) is 0 Å². The molecule has 0 saturated carbocycles. The maximum Gasteiger partial charge on any atom is 0.0471 e. The van der Waals surface area contributed by atoms with Crippen molar-refractivity contribution in [1.29, 1.82) is 0 Å². The number of rotatable bonds is 6. The standard InChI is InChI=1S/C14H22O/c1-3-4-5-6-14-11-13(9-10-15)8-7-12(14)2/h7-8,11,15H,3-6,9-10H2,1-2H3. The van der Waals surface area contributed by atoms with E-state index < -0.39 is 0 Å². The number of benzene rings is 1. The molecular weight excluding hydrogens is 184 g/mol. The van der Waals surface area contributed by atoms with E-state index in [1.165, 1.54) is 42.4 Å². The molecule has 0 radical (unpaired) electrons. The van der Waals surface area contributed by atoms with Crippen LogP contribution in [-0.2, 0) is 12.8 Å². The van der Waals surface area contributed by atoms with Gasteiger partial charge in [-0.25, -0.2) is 0 Å². The summed E-state index contributed by atoms with van der Waals surface area (Å²) in [5.41, 5.74) is 4.09. The van der Waals surface area contributed by atoms with Crippen molar-refractivity contribution in [2.45, 2.75) is 46.0 Å². The molecule has 1 aromatic rings. The average molecular weight is 206 g/mol. The molecule has 0 aliphatic rings. The maximum atomic E-state index is 8.89. The molecule has 1 heteroatoms. The van der Waals surface area contributed by atoms with E-state index in [0.29, 0.717) is 0 Å². The lowest BCUT2D eigenvalue weighted by Gasteiger charge is -2.08. The number of unbranched alkanes of at least 4 members (excludes halogenated alkanes) is 2. The lowest BCUT2D eigenvalue weighted by molar-refractivity contribution is 0.299. The van der Waals surface area contributed by atoms with Gasteiger partial charge in [-0.3, -0.25) is 0 Å². The summed E-state index contributed by atoms with van der Waals surface area (Å²) in [4.78, 5) is 0. The Morgan fingerprint density at radius 3 is 2.60 bits per heavy atom. The third-order valence-corrected chi connectivity index (χ3v) is 2.86. The molecule has 0 heterocycles. The van der Waals surface area contributed by atoms with E-state index in [9.17, 15) is 0 Å². The quantitative estimate of drug-likeness (QED) is 0.708. The van der Waals surface area contributed by atoms with Gasteiger partial charge in [0.2, 0.25) is 0 Å². The SMILES string of the molecule is CCCCCc1cc(CCO)ccc1C. The molecule has 0 aromatic heterocycles. The molecule has 0 aliphatic heterocycles. The van der Waals surface area contributed by atoms with Crippen molar-refractivity contribution in [2.75, 3.05) is 6.61 Å². The van der Waals surface area contributed by atoms with Gasteiger partial charge in [-0.1, -0.05) is 38.0 Å². The van der Waals surface area contributed by atoms with E-state index in [1.54, 1.807) is 0 Å². The zero-order chi connectivity index (χ0) is 11.1. The molecule has 0 aliphatic carbocycles. The van der Waals surface area contributed by atoms with Gasteiger partial charge in [-0.2, -0.15) is 0 Å². The number of hydrogen-bond donors (Lipinski definition) is 1. The summed E-state index contributed by atoms with van der Waals surface area (Å²) in [7, 11) is 0. The highest BCUT2D eigenvalue weighted by Crippen LogP contribution is 2.15. The third-order valence-electron chi connectivity index (χ3n) is 2.86. The summed E-state index contributed by atoms with van der Waals surface area (Å²) in [5, 5.41) is 8.89. The minimum atomic E-state index is 0.247. The van der Waals surface area contributed by atoms with Crippen LogP contribution in [0.1, 0.15) is 42.9 Å². The van der Waals surface area contributed by atoms with Gasteiger partial charge in [0.25, 0.3) is 0 Å². The van der Waals surface area contributed by atoms with Crippen LogP contribution in [0, 0.1) is 6.92 Å². The molecule has 1 nitrogen and oxygen atoms in total. The van der Waals surface area contributed by atoms with Crippen LogP contribution in [-0.4, -0.2) is 11.7 Å². The van der Waals surface area contributed by atoms with E-state index in [2.05, 4.69) is 32.0 Å². The van der Waals surface area contributed by atoms with Crippen LogP contribution >= 0.6 is 0 Å². The highest BCUT2D eigenvalue weighted by molar-refractivity contribution is 5.31. The monoisotopic (exact) mass is 206 g/mol. The fourth-order valence-corrected chi connectivity index (χ4v) is 1.84. The Kier molecular flexibility index (Phi) is 5.41. The lowest BCUT2D eigenvalue weighted by Crippen LogP contribution is -1.95. The predicted octanol–water partition coefficient (Wildman–Crippen LogP) is 3.26. The predicted molar refractivity (Wildman–Crippen MR) is 65.2 cm³/mol. The van der Waals surface area contributed by atoms with Crippen LogP contribution in [0.3, 0.4) is 0 Å². The lowest BCUT2D eigenvalue weighted by atomic mass is 9.99. The topological polar surface area (TPSA) is 20.2 Å². The second-order valence-electron chi connectivity index (χ2n) is 4.19. The Hall–Kier alpha value is -0.820. The fourth-order valence-electron chi connectivity index (χ4n) is 1.84. The zero-order valence-electron chi connectivity index (χ0n) is 9.92. The van der Waals surface area contributed by atoms with Gasteiger partial charge >= 0.3 is 0 Å².